The average Bonchev–Trinajstić information content (AvgIpc) is 3.22. The van der Waals surface area contributed by atoms with Crippen LogP contribution in [0.1, 0.15) is 54.0 Å². The molecule has 0 aliphatic carbocycles. The van der Waals surface area contributed by atoms with Crippen LogP contribution in [0.5, 0.6) is 0 Å². The van der Waals surface area contributed by atoms with Gasteiger partial charge in [0.15, 0.2) is 37.0 Å². The van der Waals surface area contributed by atoms with Gasteiger partial charge in [-0.1, -0.05) is 117 Å². The predicted molar refractivity (Wildman–Crippen MR) is 224 cm³/mol. The number of rotatable bonds is 17. The van der Waals surface area contributed by atoms with Crippen LogP contribution in [0.3, 0.4) is 0 Å². The molecule has 0 N–H and O–H groups in total. The van der Waals surface area contributed by atoms with Gasteiger partial charge in [0.25, 0.3) is 8.32 Å². The van der Waals surface area contributed by atoms with Crippen LogP contribution in [0.15, 0.2) is 96.1 Å². The van der Waals surface area contributed by atoms with E-state index in [0.29, 0.717) is 0 Å². The van der Waals surface area contributed by atoms with Crippen molar-refractivity contribution >= 4 is 42.6 Å². The summed E-state index contributed by atoms with van der Waals surface area (Å²) in [5.41, 5.74) is 10.8. The highest BCUT2D eigenvalue weighted by Crippen LogP contribution is 2.39. The van der Waals surface area contributed by atoms with E-state index in [2.05, 4.69) is 30.8 Å². The Morgan fingerprint density at radius 1 is 0.645 bits per heavy atom. The van der Waals surface area contributed by atoms with Crippen molar-refractivity contribution in [3.05, 3.63) is 107 Å². The Morgan fingerprint density at radius 3 is 1.61 bits per heavy atom. The zero-order valence-corrected chi connectivity index (χ0v) is 37.1. The summed E-state index contributed by atoms with van der Waals surface area (Å²) in [5, 5.41) is 5.35. The number of hydrogen-bond donors (Lipinski definition) is 0. The van der Waals surface area contributed by atoms with Gasteiger partial charge in [-0.3, -0.25) is 19.2 Å². The molecule has 10 atom stereocenters. The Kier molecular flexibility index (Phi) is 16.8. The van der Waals surface area contributed by atoms with Gasteiger partial charge in [-0.25, -0.2) is 0 Å². The third-order valence-electron chi connectivity index (χ3n) is 10.4. The summed E-state index contributed by atoms with van der Waals surface area (Å²) in [6.45, 7) is 10.6. The summed E-state index contributed by atoms with van der Waals surface area (Å²) >= 11 is 0. The predicted octanol–water partition coefficient (Wildman–Crippen LogP) is 4.67. The topological polar surface area (TPSA) is 209 Å². The molecule has 0 aromatic heterocycles. The Bertz CT molecular complexity index is 1960. The van der Waals surface area contributed by atoms with Gasteiger partial charge in [0.1, 0.15) is 24.4 Å². The Hall–Kier alpha value is -5.17. The second-order valence-electron chi connectivity index (χ2n) is 15.9. The summed E-state index contributed by atoms with van der Waals surface area (Å²) < 4.78 is 61.6. The first kappa shape index (κ1) is 47.9. The van der Waals surface area contributed by atoms with Gasteiger partial charge in [0, 0.05) is 39.7 Å². The number of carbonyl (C=O) groups excluding carboxylic acids is 4. The minimum Gasteiger partial charge on any atom is -0.458 e. The number of nitrogens with zero attached hydrogens (tertiary/aromatic N) is 3. The molecule has 5 rings (SSSR count). The van der Waals surface area contributed by atoms with E-state index in [1.165, 1.54) is 27.9 Å². The molecule has 2 saturated heterocycles. The molecule has 2 heterocycles. The summed E-state index contributed by atoms with van der Waals surface area (Å²) in [7, 11) is -1.96. The van der Waals surface area contributed by atoms with Crippen molar-refractivity contribution in [2.45, 2.75) is 121 Å². The minimum atomic E-state index is -3.28. The van der Waals surface area contributed by atoms with E-state index in [9.17, 15) is 24.7 Å². The number of azide groups is 1. The lowest BCUT2D eigenvalue weighted by Crippen LogP contribution is -2.69. The molecule has 0 spiro atoms. The highest BCUT2D eigenvalue weighted by atomic mass is 28.4. The fourth-order valence-corrected chi connectivity index (χ4v) is 12.6. The largest absolute Gasteiger partial charge is 0.458 e. The zero-order chi connectivity index (χ0) is 45.0. The van der Waals surface area contributed by atoms with Crippen LogP contribution in [0, 0.1) is 0 Å². The average molecular weight is 878 g/mol. The maximum Gasteiger partial charge on any atom is 0.303 e. The number of hydrogen-bond acceptors (Lipinski definition) is 15. The van der Waals surface area contributed by atoms with Crippen molar-refractivity contribution in [1.82, 2.24) is 0 Å². The maximum absolute atomic E-state index is 12.8. The summed E-state index contributed by atoms with van der Waals surface area (Å²) in [6, 6.07) is 27.4. The van der Waals surface area contributed by atoms with Crippen molar-refractivity contribution in [3.63, 3.8) is 0 Å². The van der Waals surface area contributed by atoms with E-state index < -0.39 is 98.6 Å². The SMILES string of the molecule is CO[C@H]1O[C@H](COCc2ccccc2)[C@@H](O[C@H]2O[C@H](CO[Si](c3ccccc3)(c3ccccc3)C(C)(C)C)[C@H](OC(C)=O)[C@H](OC(C)=O)[C@H]2N=[N+]=[N-])[C@H](OC(C)=O)[C@H]1OC(C)=O. The van der Waals surface area contributed by atoms with E-state index in [1.54, 1.807) is 0 Å². The lowest BCUT2D eigenvalue weighted by Gasteiger charge is -2.49. The number of esters is 4. The summed E-state index contributed by atoms with van der Waals surface area (Å²) in [6.07, 6.45) is -12.3. The van der Waals surface area contributed by atoms with Gasteiger partial charge in [-0.15, -0.1) is 0 Å². The summed E-state index contributed by atoms with van der Waals surface area (Å²) in [4.78, 5) is 53.9. The van der Waals surface area contributed by atoms with Crippen LogP contribution in [-0.4, -0.2) is 114 Å². The van der Waals surface area contributed by atoms with Gasteiger partial charge in [-0.05, 0) is 26.5 Å². The van der Waals surface area contributed by atoms with Crippen LogP contribution in [-0.2, 0) is 72.8 Å². The third kappa shape index (κ3) is 11.6. The van der Waals surface area contributed by atoms with E-state index >= 15 is 0 Å². The standard InChI is InChI=1S/C44H55N3O14Si/c1-27(48)55-37-35(26-54-62(44(5,6)7,32-20-14-10-15-21-32)33-22-16-11-17-23-33)59-42(36(46-47-45)39(37)56-28(2)49)61-38-34(25-53-24-31-18-12-9-13-19-31)60-43(52-8)41(58-30(4)51)40(38)57-29(3)50/h9-23,34-43H,24-26H2,1-8H3/t34-,35-,36-,37+,38-,39-,40+,41-,42-,43+/m1/s1. The lowest BCUT2D eigenvalue weighted by molar-refractivity contribution is -0.345. The molecule has 2 aliphatic rings. The Morgan fingerprint density at radius 2 is 1.11 bits per heavy atom. The number of methoxy groups -OCH3 is 1. The van der Waals surface area contributed by atoms with Crippen molar-refractivity contribution in [2.75, 3.05) is 20.3 Å². The Balaban J connectivity index is 1.62. The second kappa shape index (κ2) is 21.8. The lowest BCUT2D eigenvalue weighted by atomic mass is 9.95. The van der Waals surface area contributed by atoms with Gasteiger partial charge in [-0.2, -0.15) is 0 Å². The monoisotopic (exact) mass is 877 g/mol. The molecule has 3 aromatic carbocycles. The number of carbonyl (C=O) groups is 4. The number of benzene rings is 3. The van der Waals surface area contributed by atoms with Crippen molar-refractivity contribution < 1.29 is 66.2 Å². The first-order chi connectivity index (χ1) is 29.6. The normalized spacial score (nSPS) is 26.3. The molecule has 0 radical (unpaired) electrons. The van der Waals surface area contributed by atoms with E-state index in [-0.39, 0.29) is 19.8 Å². The molecule has 2 aliphatic heterocycles. The molecule has 62 heavy (non-hydrogen) atoms. The van der Waals surface area contributed by atoms with Crippen molar-refractivity contribution in [3.8, 4) is 0 Å². The number of ether oxygens (including phenoxy) is 9. The molecule has 334 valence electrons. The zero-order valence-electron chi connectivity index (χ0n) is 36.1. The third-order valence-corrected chi connectivity index (χ3v) is 15.4. The van der Waals surface area contributed by atoms with Crippen molar-refractivity contribution in [1.29, 1.82) is 0 Å². The Labute approximate surface area is 361 Å². The van der Waals surface area contributed by atoms with Crippen LogP contribution in [0.25, 0.3) is 10.4 Å². The van der Waals surface area contributed by atoms with Crippen LogP contribution >= 0.6 is 0 Å². The van der Waals surface area contributed by atoms with Gasteiger partial charge in [0.2, 0.25) is 0 Å². The molecule has 17 nitrogen and oxygen atoms in total. The van der Waals surface area contributed by atoms with E-state index in [1.807, 2.05) is 91.0 Å². The molecule has 0 bridgehead atoms. The van der Waals surface area contributed by atoms with Gasteiger partial charge in [0.05, 0.1) is 19.8 Å². The fourth-order valence-electron chi connectivity index (χ4n) is 7.98. The van der Waals surface area contributed by atoms with E-state index in [0.717, 1.165) is 22.9 Å². The molecule has 2 fully saturated rings. The van der Waals surface area contributed by atoms with Crippen LogP contribution in [0.2, 0.25) is 5.04 Å². The first-order valence-electron chi connectivity index (χ1n) is 20.2. The minimum absolute atomic E-state index is 0.151. The molecule has 0 amide bonds. The van der Waals surface area contributed by atoms with Crippen LogP contribution < -0.4 is 10.4 Å². The van der Waals surface area contributed by atoms with Crippen LogP contribution in [0.4, 0.5) is 0 Å². The second-order valence-corrected chi connectivity index (χ2v) is 20.2. The molecule has 0 saturated carbocycles. The first-order valence-corrected chi connectivity index (χ1v) is 22.1. The van der Waals surface area contributed by atoms with E-state index in [4.69, 9.17) is 47.1 Å². The smallest absolute Gasteiger partial charge is 0.303 e. The van der Waals surface area contributed by atoms with Gasteiger partial charge < -0.3 is 47.1 Å². The van der Waals surface area contributed by atoms with Crippen molar-refractivity contribution in [2.24, 2.45) is 5.11 Å². The quantitative estimate of drug-likeness (QED) is 0.0451. The van der Waals surface area contributed by atoms with Gasteiger partial charge >= 0.3 is 23.9 Å². The molecular weight excluding hydrogens is 823 g/mol. The molecule has 3 aromatic rings. The highest BCUT2D eigenvalue weighted by molar-refractivity contribution is 6.99. The molecular formula is C44H55N3O14Si. The maximum atomic E-state index is 12.8. The highest BCUT2D eigenvalue weighted by Gasteiger charge is 2.57. The summed E-state index contributed by atoms with van der Waals surface area (Å²) in [5.74, 6) is -3.04. The fraction of sp³-hybridized carbons (Fsp3) is 0.500. The molecule has 0 unspecified atom stereocenters. The molecule has 18 heteroatoms.